The fourth-order valence-electron chi connectivity index (χ4n) is 2.38. The lowest BCUT2D eigenvalue weighted by atomic mass is 10.3. The molecule has 0 aliphatic carbocycles. The van der Waals surface area contributed by atoms with E-state index < -0.39 is 22.8 Å². The molecule has 0 spiro atoms. The minimum Gasteiger partial charge on any atom is -0.482 e. The van der Waals surface area contributed by atoms with Crippen molar-refractivity contribution in [3.63, 3.8) is 0 Å². The highest BCUT2D eigenvalue weighted by Gasteiger charge is 2.29. The monoisotopic (exact) mass is 454 g/mol. The van der Waals surface area contributed by atoms with Gasteiger partial charge in [0.2, 0.25) is 10.0 Å². The number of alkyl halides is 3. The molecule has 0 bridgehead atoms. The summed E-state index contributed by atoms with van der Waals surface area (Å²) < 4.78 is 68.9. The van der Waals surface area contributed by atoms with Crippen LogP contribution in [0.5, 0.6) is 5.75 Å². The summed E-state index contributed by atoms with van der Waals surface area (Å²) >= 11 is 0. The first-order valence-corrected chi connectivity index (χ1v) is 10.2. The fraction of sp³-hybridized carbons (Fsp3) is 0.167. The average molecular weight is 454 g/mol. The van der Waals surface area contributed by atoms with Crippen molar-refractivity contribution in [3.8, 4) is 5.75 Å². The van der Waals surface area contributed by atoms with Crippen molar-refractivity contribution >= 4 is 33.2 Å². The number of ether oxygens (including phenoxy) is 1. The van der Waals surface area contributed by atoms with E-state index in [1.54, 1.807) is 24.4 Å². The van der Waals surface area contributed by atoms with Crippen molar-refractivity contribution in [1.82, 2.24) is 19.7 Å². The topological polar surface area (TPSA) is 118 Å². The second-order valence-corrected chi connectivity index (χ2v) is 7.91. The summed E-state index contributed by atoms with van der Waals surface area (Å²) in [5.74, 6) is 0.853. The van der Waals surface area contributed by atoms with E-state index in [1.165, 1.54) is 19.4 Å². The molecule has 0 radical (unpaired) electrons. The van der Waals surface area contributed by atoms with Gasteiger partial charge in [0.25, 0.3) is 0 Å². The lowest BCUT2D eigenvalue weighted by Gasteiger charge is -2.16. The van der Waals surface area contributed by atoms with E-state index in [0.717, 1.165) is 18.2 Å². The van der Waals surface area contributed by atoms with Crippen molar-refractivity contribution in [2.45, 2.75) is 11.1 Å². The molecule has 31 heavy (non-hydrogen) atoms. The maximum absolute atomic E-state index is 12.6. The molecular formula is C18H17F3N6O3S. The maximum atomic E-state index is 12.6. The Kier molecular flexibility index (Phi) is 6.56. The van der Waals surface area contributed by atoms with E-state index >= 15 is 0 Å². The largest absolute Gasteiger partial charge is 0.482 e. The quantitative estimate of drug-likeness (QED) is 0.475. The van der Waals surface area contributed by atoms with Crippen molar-refractivity contribution in [3.05, 3.63) is 55.0 Å². The van der Waals surface area contributed by atoms with Gasteiger partial charge >= 0.3 is 6.18 Å². The first-order valence-electron chi connectivity index (χ1n) is 8.70. The number of benzene rings is 1. The van der Waals surface area contributed by atoms with Gasteiger partial charge in [0.15, 0.2) is 6.61 Å². The van der Waals surface area contributed by atoms with E-state index in [-0.39, 0.29) is 22.2 Å². The first-order chi connectivity index (χ1) is 14.7. The van der Waals surface area contributed by atoms with Gasteiger partial charge in [-0.2, -0.15) is 13.2 Å². The highest BCUT2D eigenvalue weighted by molar-refractivity contribution is 7.89. The standard InChI is InChI=1S/C18H17F3N6O3S/c1-22-31(28,29)12-5-6-14(30-10-18(19,20)21)13(8-12)26-16-9-17(25-11-24-16)27-15-4-2-3-7-23-15/h2-9,11,22H,10H2,1H3,(H2,23,24,25,26,27). The van der Waals surface area contributed by atoms with Gasteiger partial charge in [-0.1, -0.05) is 6.07 Å². The predicted molar refractivity (Wildman–Crippen MR) is 107 cm³/mol. The number of sulfonamides is 1. The van der Waals surface area contributed by atoms with Gasteiger partial charge in [0.1, 0.15) is 29.5 Å². The van der Waals surface area contributed by atoms with Crippen LogP contribution in [0.3, 0.4) is 0 Å². The van der Waals surface area contributed by atoms with Crippen molar-refractivity contribution in [1.29, 1.82) is 0 Å². The van der Waals surface area contributed by atoms with Crippen LogP contribution in [0.15, 0.2) is 59.9 Å². The third kappa shape index (κ3) is 6.26. The minimum absolute atomic E-state index is 0.0249. The zero-order chi connectivity index (χ0) is 22.5. The average Bonchev–Trinajstić information content (AvgIpc) is 2.73. The molecule has 3 rings (SSSR count). The van der Waals surface area contributed by atoms with Crippen LogP contribution in [0.1, 0.15) is 0 Å². The molecule has 3 N–H and O–H groups in total. The van der Waals surface area contributed by atoms with Crippen LogP contribution in [0, 0.1) is 0 Å². The Morgan fingerprint density at radius 3 is 2.35 bits per heavy atom. The number of pyridine rings is 1. The van der Waals surface area contributed by atoms with Crippen molar-refractivity contribution in [2.75, 3.05) is 24.3 Å². The number of nitrogens with zero attached hydrogens (tertiary/aromatic N) is 3. The highest BCUT2D eigenvalue weighted by atomic mass is 32.2. The second-order valence-electron chi connectivity index (χ2n) is 6.02. The van der Waals surface area contributed by atoms with Crippen LogP contribution in [-0.4, -0.2) is 43.2 Å². The molecule has 0 aliphatic rings. The molecule has 0 fully saturated rings. The lowest BCUT2D eigenvalue weighted by Crippen LogP contribution is -2.20. The van der Waals surface area contributed by atoms with Crippen molar-refractivity contribution < 1.29 is 26.3 Å². The SMILES string of the molecule is CNS(=O)(=O)c1ccc(OCC(F)(F)F)c(Nc2cc(Nc3ccccn3)ncn2)c1. The Morgan fingerprint density at radius 2 is 1.71 bits per heavy atom. The number of nitrogens with one attached hydrogen (secondary N) is 3. The van der Waals surface area contributed by atoms with Gasteiger partial charge in [0, 0.05) is 12.3 Å². The van der Waals surface area contributed by atoms with Crippen molar-refractivity contribution in [2.24, 2.45) is 0 Å². The number of anilines is 4. The molecule has 164 valence electrons. The van der Waals surface area contributed by atoms with Gasteiger partial charge in [-0.05, 0) is 37.4 Å². The molecule has 0 saturated heterocycles. The van der Waals surface area contributed by atoms with Gasteiger partial charge in [-0.25, -0.2) is 28.1 Å². The highest BCUT2D eigenvalue weighted by Crippen LogP contribution is 2.32. The minimum atomic E-state index is -4.57. The molecular weight excluding hydrogens is 437 g/mol. The Morgan fingerprint density at radius 1 is 0.968 bits per heavy atom. The van der Waals surface area contributed by atoms with Crippen LogP contribution in [0.25, 0.3) is 0 Å². The first kappa shape index (κ1) is 22.2. The number of hydrogen-bond donors (Lipinski definition) is 3. The smallest absolute Gasteiger partial charge is 0.422 e. The molecule has 2 aromatic heterocycles. The summed E-state index contributed by atoms with van der Waals surface area (Å²) in [5, 5.41) is 5.72. The number of halogens is 3. The van der Waals surface area contributed by atoms with Gasteiger partial charge in [-0.15, -0.1) is 0 Å². The molecule has 0 amide bonds. The molecule has 3 aromatic rings. The Hall–Kier alpha value is -3.45. The molecule has 1 aromatic carbocycles. The Balaban J connectivity index is 1.90. The molecule has 0 saturated carbocycles. The van der Waals surface area contributed by atoms with E-state index in [9.17, 15) is 21.6 Å². The molecule has 0 unspecified atom stereocenters. The summed E-state index contributed by atoms with van der Waals surface area (Å²) in [5.41, 5.74) is -0.0249. The molecule has 0 atom stereocenters. The lowest BCUT2D eigenvalue weighted by molar-refractivity contribution is -0.153. The van der Waals surface area contributed by atoms with Gasteiger partial charge < -0.3 is 15.4 Å². The maximum Gasteiger partial charge on any atom is 0.422 e. The van der Waals surface area contributed by atoms with E-state index in [4.69, 9.17) is 4.74 Å². The van der Waals surface area contributed by atoms with E-state index in [0.29, 0.717) is 11.6 Å². The van der Waals surface area contributed by atoms with Crippen LogP contribution in [0.2, 0.25) is 0 Å². The zero-order valence-electron chi connectivity index (χ0n) is 16.0. The molecule has 0 aliphatic heterocycles. The summed E-state index contributed by atoms with van der Waals surface area (Å²) in [6, 6.07) is 10.1. The number of aromatic nitrogens is 3. The zero-order valence-corrected chi connectivity index (χ0v) is 16.8. The third-order valence-electron chi connectivity index (χ3n) is 3.77. The summed E-state index contributed by atoms with van der Waals surface area (Å²) in [7, 11) is -2.62. The summed E-state index contributed by atoms with van der Waals surface area (Å²) in [6.45, 7) is -1.55. The van der Waals surface area contributed by atoms with Gasteiger partial charge in [-0.3, -0.25) is 0 Å². The Labute approximate surface area is 175 Å². The summed E-state index contributed by atoms with van der Waals surface area (Å²) in [6.07, 6.45) is -1.76. The third-order valence-corrected chi connectivity index (χ3v) is 5.18. The normalized spacial score (nSPS) is 11.7. The fourth-order valence-corrected chi connectivity index (χ4v) is 3.13. The van der Waals surface area contributed by atoms with Crippen LogP contribution < -0.4 is 20.1 Å². The van der Waals surface area contributed by atoms with Gasteiger partial charge in [0.05, 0.1) is 10.6 Å². The predicted octanol–water partition coefficient (Wildman–Crippen LogP) is 3.21. The van der Waals surface area contributed by atoms with Crippen LogP contribution >= 0.6 is 0 Å². The van der Waals surface area contributed by atoms with Crippen LogP contribution in [0.4, 0.5) is 36.3 Å². The Bertz CT molecular complexity index is 1140. The number of hydrogen-bond acceptors (Lipinski definition) is 8. The number of rotatable bonds is 8. The van der Waals surface area contributed by atoms with Crippen LogP contribution in [-0.2, 0) is 10.0 Å². The van der Waals surface area contributed by atoms with E-state index in [2.05, 4.69) is 30.3 Å². The molecule has 9 nitrogen and oxygen atoms in total. The molecule has 2 heterocycles. The van der Waals surface area contributed by atoms with E-state index in [1.807, 2.05) is 0 Å². The second kappa shape index (κ2) is 9.14. The summed E-state index contributed by atoms with van der Waals surface area (Å²) in [4.78, 5) is 12.0. The molecule has 13 heteroatoms.